The molecule has 0 fully saturated rings. The zero-order valence-corrected chi connectivity index (χ0v) is 10.0. The fourth-order valence-electron chi connectivity index (χ4n) is 1.56. The van der Waals surface area contributed by atoms with Crippen LogP contribution in [0.5, 0.6) is 11.6 Å². The lowest BCUT2D eigenvalue weighted by Crippen LogP contribution is -1.95. The molecule has 0 saturated heterocycles. The van der Waals surface area contributed by atoms with Crippen molar-refractivity contribution in [3.05, 3.63) is 57.8 Å². The Morgan fingerprint density at radius 2 is 2.21 bits per heavy atom. The Hall–Kier alpha value is -2.94. The van der Waals surface area contributed by atoms with E-state index in [2.05, 4.69) is 4.98 Å². The number of pyridine rings is 1. The van der Waals surface area contributed by atoms with Gasteiger partial charge in [-0.2, -0.15) is 5.26 Å². The monoisotopic (exact) mass is 255 g/mol. The van der Waals surface area contributed by atoms with Crippen LogP contribution in [-0.2, 0) is 0 Å². The lowest BCUT2D eigenvalue weighted by Gasteiger charge is -2.07. The maximum atomic E-state index is 10.8. The SMILES string of the molecule is Cc1c(Oc2cc(C#N)ccn2)cccc1[N+](=O)[O-]. The van der Waals surface area contributed by atoms with E-state index >= 15 is 0 Å². The molecular weight excluding hydrogens is 246 g/mol. The van der Waals surface area contributed by atoms with Crippen molar-refractivity contribution < 1.29 is 9.66 Å². The fourth-order valence-corrected chi connectivity index (χ4v) is 1.56. The van der Waals surface area contributed by atoms with E-state index in [9.17, 15) is 10.1 Å². The van der Waals surface area contributed by atoms with E-state index in [4.69, 9.17) is 10.00 Å². The first-order chi connectivity index (χ1) is 9.11. The Morgan fingerprint density at radius 3 is 2.89 bits per heavy atom. The molecule has 0 N–H and O–H groups in total. The molecule has 6 nitrogen and oxygen atoms in total. The lowest BCUT2D eigenvalue weighted by atomic mass is 10.2. The highest BCUT2D eigenvalue weighted by Crippen LogP contribution is 2.30. The molecule has 0 unspecified atom stereocenters. The fraction of sp³-hybridized carbons (Fsp3) is 0.0769. The van der Waals surface area contributed by atoms with Gasteiger partial charge in [0.2, 0.25) is 5.88 Å². The van der Waals surface area contributed by atoms with Crippen LogP contribution >= 0.6 is 0 Å². The van der Waals surface area contributed by atoms with Crippen LogP contribution in [0.15, 0.2) is 36.5 Å². The third-order valence-corrected chi connectivity index (χ3v) is 2.53. The van der Waals surface area contributed by atoms with Crippen molar-refractivity contribution in [2.75, 3.05) is 0 Å². The topological polar surface area (TPSA) is 89.0 Å². The summed E-state index contributed by atoms with van der Waals surface area (Å²) < 4.78 is 5.48. The van der Waals surface area contributed by atoms with Crippen LogP contribution in [0.3, 0.4) is 0 Å². The van der Waals surface area contributed by atoms with Crippen molar-refractivity contribution in [3.8, 4) is 17.7 Å². The number of hydrogen-bond acceptors (Lipinski definition) is 5. The second kappa shape index (κ2) is 5.14. The number of nitro benzene ring substituents is 1. The third kappa shape index (κ3) is 2.66. The lowest BCUT2D eigenvalue weighted by molar-refractivity contribution is -0.385. The number of ether oxygens (including phenoxy) is 1. The number of rotatable bonds is 3. The molecule has 0 atom stereocenters. The van der Waals surface area contributed by atoms with Gasteiger partial charge in [-0.05, 0) is 19.1 Å². The molecule has 0 amide bonds. The molecule has 1 heterocycles. The van der Waals surface area contributed by atoms with Crippen molar-refractivity contribution in [3.63, 3.8) is 0 Å². The van der Waals surface area contributed by atoms with Gasteiger partial charge in [0.25, 0.3) is 5.69 Å². The van der Waals surface area contributed by atoms with E-state index in [-0.39, 0.29) is 11.6 Å². The Morgan fingerprint density at radius 1 is 1.42 bits per heavy atom. The Kier molecular flexibility index (Phi) is 3.39. The number of aromatic nitrogens is 1. The summed E-state index contributed by atoms with van der Waals surface area (Å²) in [6.45, 7) is 1.60. The first-order valence-corrected chi connectivity index (χ1v) is 5.40. The number of hydrogen-bond donors (Lipinski definition) is 0. The number of nitriles is 1. The average molecular weight is 255 g/mol. The minimum atomic E-state index is -0.471. The standard InChI is InChI=1S/C13H9N3O3/c1-9-11(16(17)18)3-2-4-12(9)19-13-7-10(8-14)5-6-15-13/h2-7H,1H3. The van der Waals surface area contributed by atoms with Crippen molar-refractivity contribution in [2.24, 2.45) is 0 Å². The molecule has 1 aromatic carbocycles. The van der Waals surface area contributed by atoms with Gasteiger partial charge >= 0.3 is 0 Å². The van der Waals surface area contributed by atoms with E-state index in [0.29, 0.717) is 16.9 Å². The molecule has 0 radical (unpaired) electrons. The summed E-state index contributed by atoms with van der Waals surface area (Å²) in [7, 11) is 0. The molecule has 2 rings (SSSR count). The van der Waals surface area contributed by atoms with Crippen LogP contribution in [0.2, 0.25) is 0 Å². The van der Waals surface area contributed by atoms with Crippen LogP contribution < -0.4 is 4.74 Å². The van der Waals surface area contributed by atoms with Gasteiger partial charge < -0.3 is 4.74 Å². The molecule has 0 bridgehead atoms. The normalized spacial score (nSPS) is 9.68. The van der Waals surface area contributed by atoms with Crippen molar-refractivity contribution in [1.29, 1.82) is 5.26 Å². The second-order valence-corrected chi connectivity index (χ2v) is 3.75. The summed E-state index contributed by atoms with van der Waals surface area (Å²) in [4.78, 5) is 14.3. The quantitative estimate of drug-likeness (QED) is 0.621. The van der Waals surface area contributed by atoms with Gasteiger partial charge in [-0.25, -0.2) is 4.98 Å². The van der Waals surface area contributed by atoms with Gasteiger partial charge in [-0.15, -0.1) is 0 Å². The zero-order valence-electron chi connectivity index (χ0n) is 10.0. The van der Waals surface area contributed by atoms with E-state index < -0.39 is 4.92 Å². The van der Waals surface area contributed by atoms with Gasteiger partial charge in [-0.3, -0.25) is 10.1 Å². The van der Waals surface area contributed by atoms with Gasteiger partial charge in [0.15, 0.2) is 0 Å². The summed E-state index contributed by atoms with van der Waals surface area (Å²) in [5.41, 5.74) is 0.804. The molecule has 0 aliphatic rings. The van der Waals surface area contributed by atoms with E-state index in [1.807, 2.05) is 6.07 Å². The molecule has 0 aliphatic carbocycles. The van der Waals surface area contributed by atoms with Crippen molar-refractivity contribution in [2.45, 2.75) is 6.92 Å². The van der Waals surface area contributed by atoms with Gasteiger partial charge in [-0.1, -0.05) is 6.07 Å². The molecule has 0 spiro atoms. The van der Waals surface area contributed by atoms with Gasteiger partial charge in [0.1, 0.15) is 5.75 Å². The minimum Gasteiger partial charge on any atom is -0.438 e. The zero-order chi connectivity index (χ0) is 13.8. The molecule has 94 valence electrons. The molecule has 6 heteroatoms. The van der Waals surface area contributed by atoms with E-state index in [1.54, 1.807) is 19.1 Å². The summed E-state index contributed by atoms with van der Waals surface area (Å²) in [5.74, 6) is 0.569. The molecule has 0 saturated carbocycles. The van der Waals surface area contributed by atoms with Crippen molar-refractivity contribution in [1.82, 2.24) is 4.98 Å². The van der Waals surface area contributed by atoms with Crippen LogP contribution in [0.1, 0.15) is 11.1 Å². The number of nitrogens with zero attached hydrogens (tertiary/aromatic N) is 3. The minimum absolute atomic E-state index is 0.0195. The summed E-state index contributed by atoms with van der Waals surface area (Å²) >= 11 is 0. The average Bonchev–Trinajstić information content (AvgIpc) is 2.41. The summed E-state index contributed by atoms with van der Waals surface area (Å²) in [5, 5.41) is 19.6. The highest BCUT2D eigenvalue weighted by Gasteiger charge is 2.14. The maximum Gasteiger partial charge on any atom is 0.276 e. The van der Waals surface area contributed by atoms with E-state index in [0.717, 1.165) is 0 Å². The predicted octanol–water partition coefficient (Wildman–Crippen LogP) is 2.96. The highest BCUT2D eigenvalue weighted by atomic mass is 16.6. The van der Waals surface area contributed by atoms with Crippen LogP contribution in [0, 0.1) is 28.4 Å². The Bertz CT molecular complexity index is 677. The first kappa shape index (κ1) is 12.5. The summed E-state index contributed by atoms with van der Waals surface area (Å²) in [6.07, 6.45) is 1.45. The number of nitro groups is 1. The van der Waals surface area contributed by atoms with Gasteiger partial charge in [0, 0.05) is 18.3 Å². The Balaban J connectivity index is 2.36. The van der Waals surface area contributed by atoms with E-state index in [1.165, 1.54) is 24.4 Å². The summed E-state index contributed by atoms with van der Waals surface area (Å²) in [6, 6.07) is 9.54. The molecule has 2 aromatic rings. The second-order valence-electron chi connectivity index (χ2n) is 3.75. The molecular formula is C13H9N3O3. The Labute approximate surface area is 109 Å². The largest absolute Gasteiger partial charge is 0.438 e. The van der Waals surface area contributed by atoms with Crippen LogP contribution in [0.25, 0.3) is 0 Å². The van der Waals surface area contributed by atoms with Crippen LogP contribution in [-0.4, -0.2) is 9.91 Å². The van der Waals surface area contributed by atoms with Gasteiger partial charge in [0.05, 0.1) is 22.1 Å². The highest BCUT2D eigenvalue weighted by molar-refractivity contribution is 5.49. The maximum absolute atomic E-state index is 10.8. The van der Waals surface area contributed by atoms with Crippen molar-refractivity contribution >= 4 is 5.69 Å². The predicted molar refractivity (Wildman–Crippen MR) is 66.9 cm³/mol. The third-order valence-electron chi connectivity index (χ3n) is 2.53. The smallest absolute Gasteiger partial charge is 0.276 e. The molecule has 0 aliphatic heterocycles. The first-order valence-electron chi connectivity index (χ1n) is 5.40. The number of benzene rings is 1. The molecule has 1 aromatic heterocycles. The molecule has 19 heavy (non-hydrogen) atoms. The van der Waals surface area contributed by atoms with Crippen LogP contribution in [0.4, 0.5) is 5.69 Å².